The first-order valence-corrected chi connectivity index (χ1v) is 6.70. The first-order chi connectivity index (χ1) is 8.02. The SMILES string of the molecule is CCC(C)(CCBr)NC(=O)c1c[nH]ccc1=O. The molecule has 0 fully saturated rings. The van der Waals surface area contributed by atoms with Crippen molar-refractivity contribution in [3.8, 4) is 0 Å². The molecule has 0 spiro atoms. The lowest BCUT2D eigenvalue weighted by Crippen LogP contribution is -2.47. The molecule has 0 aliphatic rings. The Morgan fingerprint density at radius 1 is 1.59 bits per heavy atom. The van der Waals surface area contributed by atoms with Gasteiger partial charge in [0.05, 0.1) is 0 Å². The van der Waals surface area contributed by atoms with Gasteiger partial charge in [0.2, 0.25) is 0 Å². The maximum Gasteiger partial charge on any atom is 0.257 e. The van der Waals surface area contributed by atoms with E-state index in [1.807, 2.05) is 13.8 Å². The Morgan fingerprint density at radius 2 is 2.29 bits per heavy atom. The van der Waals surface area contributed by atoms with E-state index in [-0.39, 0.29) is 22.4 Å². The van der Waals surface area contributed by atoms with Crippen molar-refractivity contribution < 1.29 is 4.79 Å². The summed E-state index contributed by atoms with van der Waals surface area (Å²) in [7, 11) is 0. The Balaban J connectivity index is 2.85. The summed E-state index contributed by atoms with van der Waals surface area (Å²) in [5.74, 6) is -0.322. The number of carbonyl (C=O) groups is 1. The number of carbonyl (C=O) groups excluding carboxylic acids is 1. The van der Waals surface area contributed by atoms with Crippen LogP contribution in [0.2, 0.25) is 0 Å². The average molecular weight is 301 g/mol. The van der Waals surface area contributed by atoms with E-state index in [0.717, 1.165) is 18.2 Å². The number of halogens is 1. The molecule has 0 saturated carbocycles. The van der Waals surface area contributed by atoms with Crippen LogP contribution in [-0.2, 0) is 0 Å². The lowest BCUT2D eigenvalue weighted by Gasteiger charge is -2.28. The van der Waals surface area contributed by atoms with Crippen LogP contribution in [0.15, 0.2) is 23.3 Å². The molecule has 4 nitrogen and oxygen atoms in total. The fourth-order valence-electron chi connectivity index (χ4n) is 1.47. The fraction of sp³-hybridized carbons (Fsp3) is 0.500. The van der Waals surface area contributed by atoms with Gasteiger partial charge in [0.15, 0.2) is 5.43 Å². The molecule has 1 heterocycles. The minimum atomic E-state index is -0.322. The minimum Gasteiger partial charge on any atom is -0.367 e. The first-order valence-electron chi connectivity index (χ1n) is 5.58. The topological polar surface area (TPSA) is 62.0 Å². The molecule has 5 heteroatoms. The number of rotatable bonds is 5. The Bertz CT molecular complexity index is 444. The molecular formula is C12H17BrN2O2. The number of aromatic nitrogens is 1. The van der Waals surface area contributed by atoms with Crippen molar-refractivity contribution in [2.45, 2.75) is 32.2 Å². The van der Waals surface area contributed by atoms with Gasteiger partial charge >= 0.3 is 0 Å². The smallest absolute Gasteiger partial charge is 0.257 e. The van der Waals surface area contributed by atoms with Crippen LogP contribution in [0.4, 0.5) is 0 Å². The van der Waals surface area contributed by atoms with Crippen molar-refractivity contribution in [1.29, 1.82) is 0 Å². The Kier molecular flexibility index (Phi) is 4.93. The molecule has 0 aromatic carbocycles. The summed E-state index contributed by atoms with van der Waals surface area (Å²) in [6.45, 7) is 3.99. The van der Waals surface area contributed by atoms with Gasteiger partial charge in [-0.1, -0.05) is 22.9 Å². The maximum atomic E-state index is 12.0. The normalized spacial score (nSPS) is 14.1. The highest BCUT2D eigenvalue weighted by Crippen LogP contribution is 2.16. The van der Waals surface area contributed by atoms with Crippen LogP contribution in [-0.4, -0.2) is 21.8 Å². The number of aromatic amines is 1. The summed E-state index contributed by atoms with van der Waals surface area (Å²) in [6, 6.07) is 1.35. The van der Waals surface area contributed by atoms with E-state index in [1.165, 1.54) is 18.5 Å². The van der Waals surface area contributed by atoms with Crippen LogP contribution in [0, 0.1) is 0 Å². The predicted molar refractivity (Wildman–Crippen MR) is 71.6 cm³/mol. The molecule has 2 N–H and O–H groups in total. The molecule has 94 valence electrons. The number of pyridine rings is 1. The van der Waals surface area contributed by atoms with Gasteiger partial charge in [-0.3, -0.25) is 9.59 Å². The van der Waals surface area contributed by atoms with Crippen molar-refractivity contribution in [2.75, 3.05) is 5.33 Å². The summed E-state index contributed by atoms with van der Waals surface area (Å²) in [6.07, 6.45) is 4.58. The summed E-state index contributed by atoms with van der Waals surface area (Å²) in [5, 5.41) is 3.72. The van der Waals surface area contributed by atoms with Crippen LogP contribution in [0.5, 0.6) is 0 Å². The molecule has 1 unspecified atom stereocenters. The molecule has 0 aliphatic carbocycles. The summed E-state index contributed by atoms with van der Waals surface area (Å²) >= 11 is 3.37. The zero-order chi connectivity index (χ0) is 12.9. The quantitative estimate of drug-likeness (QED) is 0.818. The zero-order valence-corrected chi connectivity index (χ0v) is 11.6. The average Bonchev–Trinajstić information content (AvgIpc) is 2.29. The summed E-state index contributed by atoms with van der Waals surface area (Å²) < 4.78 is 0. The van der Waals surface area contributed by atoms with Gasteiger partial charge in [0, 0.05) is 29.3 Å². The van der Waals surface area contributed by atoms with Crippen LogP contribution in [0.25, 0.3) is 0 Å². The zero-order valence-electron chi connectivity index (χ0n) is 10.0. The van der Waals surface area contributed by atoms with Crippen molar-refractivity contribution in [2.24, 2.45) is 0 Å². The highest BCUT2D eigenvalue weighted by molar-refractivity contribution is 9.09. The van der Waals surface area contributed by atoms with Crippen molar-refractivity contribution in [3.05, 3.63) is 34.2 Å². The van der Waals surface area contributed by atoms with E-state index in [2.05, 4.69) is 26.2 Å². The van der Waals surface area contributed by atoms with Crippen LogP contribution in [0.3, 0.4) is 0 Å². The molecule has 17 heavy (non-hydrogen) atoms. The summed E-state index contributed by atoms with van der Waals surface area (Å²) in [4.78, 5) is 26.2. The van der Waals surface area contributed by atoms with Crippen LogP contribution < -0.4 is 10.7 Å². The number of hydrogen-bond acceptors (Lipinski definition) is 2. The van der Waals surface area contributed by atoms with Crippen molar-refractivity contribution in [1.82, 2.24) is 10.3 Å². The van der Waals surface area contributed by atoms with Gasteiger partial charge in [-0.05, 0) is 19.8 Å². The molecule has 1 atom stereocenters. The van der Waals surface area contributed by atoms with Gasteiger partial charge in [-0.25, -0.2) is 0 Å². The van der Waals surface area contributed by atoms with Gasteiger partial charge in [0.1, 0.15) is 5.56 Å². The Morgan fingerprint density at radius 3 is 2.82 bits per heavy atom. The molecule has 0 radical (unpaired) electrons. The molecule has 1 amide bonds. The second-order valence-electron chi connectivity index (χ2n) is 4.23. The molecule has 0 bridgehead atoms. The second-order valence-corrected chi connectivity index (χ2v) is 5.02. The number of nitrogens with one attached hydrogen (secondary N) is 2. The summed E-state index contributed by atoms with van der Waals surface area (Å²) in [5.41, 5.74) is -0.400. The second kappa shape index (κ2) is 6.00. The third-order valence-corrected chi connectivity index (χ3v) is 3.31. The maximum absolute atomic E-state index is 12.0. The Hall–Kier alpha value is -1.10. The molecule has 1 rings (SSSR count). The fourth-order valence-corrected chi connectivity index (χ4v) is 2.35. The number of amides is 1. The number of H-pyrrole nitrogens is 1. The monoisotopic (exact) mass is 300 g/mol. The van der Waals surface area contributed by atoms with E-state index >= 15 is 0 Å². The molecule has 1 aromatic rings. The molecule has 0 saturated heterocycles. The molecular weight excluding hydrogens is 284 g/mol. The standard InChI is InChI=1S/C12H17BrN2O2/c1-3-12(2,5-6-13)15-11(17)9-8-14-7-4-10(9)16/h4,7-8H,3,5-6H2,1-2H3,(H,14,16)(H,15,17). The van der Waals surface area contributed by atoms with Gasteiger partial charge in [0.25, 0.3) is 5.91 Å². The van der Waals surface area contributed by atoms with E-state index in [0.29, 0.717) is 0 Å². The van der Waals surface area contributed by atoms with Crippen molar-refractivity contribution >= 4 is 21.8 Å². The minimum absolute atomic E-state index is 0.154. The van der Waals surface area contributed by atoms with E-state index in [9.17, 15) is 9.59 Å². The third kappa shape index (κ3) is 3.70. The van der Waals surface area contributed by atoms with Gasteiger partial charge < -0.3 is 10.3 Å². The largest absolute Gasteiger partial charge is 0.367 e. The highest BCUT2D eigenvalue weighted by atomic mass is 79.9. The number of alkyl halides is 1. The van der Waals surface area contributed by atoms with Crippen LogP contribution in [0.1, 0.15) is 37.0 Å². The predicted octanol–water partition coefficient (Wildman–Crippen LogP) is 2.06. The highest BCUT2D eigenvalue weighted by Gasteiger charge is 2.24. The number of hydrogen-bond donors (Lipinski definition) is 2. The van der Waals surface area contributed by atoms with Gasteiger partial charge in [-0.15, -0.1) is 0 Å². The third-order valence-electron chi connectivity index (χ3n) is 2.91. The molecule has 1 aromatic heterocycles. The van der Waals surface area contributed by atoms with Crippen LogP contribution >= 0.6 is 15.9 Å². The van der Waals surface area contributed by atoms with Crippen molar-refractivity contribution in [3.63, 3.8) is 0 Å². The van der Waals surface area contributed by atoms with Gasteiger partial charge in [-0.2, -0.15) is 0 Å². The molecule has 0 aliphatic heterocycles. The first kappa shape index (κ1) is 14.0. The lowest BCUT2D eigenvalue weighted by atomic mass is 9.95. The lowest BCUT2D eigenvalue weighted by molar-refractivity contribution is 0.0900. The van der Waals surface area contributed by atoms with E-state index < -0.39 is 0 Å². The van der Waals surface area contributed by atoms with E-state index in [1.54, 1.807) is 0 Å². The van der Waals surface area contributed by atoms with E-state index in [4.69, 9.17) is 0 Å². The Labute approximate surface area is 109 Å².